The van der Waals surface area contributed by atoms with E-state index < -0.39 is 10.2 Å². The molecule has 2 saturated heterocycles. The third-order valence-electron chi connectivity index (χ3n) is 5.14. The van der Waals surface area contributed by atoms with E-state index in [0.29, 0.717) is 26.2 Å². The first-order valence-electron chi connectivity index (χ1n) is 9.50. The van der Waals surface area contributed by atoms with Gasteiger partial charge in [-0.1, -0.05) is 18.9 Å². The first-order valence-corrected chi connectivity index (χ1v) is 10.9. The van der Waals surface area contributed by atoms with Gasteiger partial charge in [0, 0.05) is 32.4 Å². The van der Waals surface area contributed by atoms with Gasteiger partial charge in [0.15, 0.2) is 0 Å². The van der Waals surface area contributed by atoms with E-state index in [1.807, 2.05) is 18.2 Å². The maximum absolute atomic E-state index is 13.0. The van der Waals surface area contributed by atoms with Gasteiger partial charge >= 0.3 is 0 Å². The SMILES string of the molecule is O=C(NCc1ccccn1)C1CCCN(S(=O)(=O)N2CCCCCC2)C1. The number of nitrogens with zero attached hydrogens (tertiary/aromatic N) is 3. The molecule has 0 aliphatic carbocycles. The molecule has 8 heteroatoms. The first kappa shape index (κ1) is 19.3. The van der Waals surface area contributed by atoms with Crippen molar-refractivity contribution < 1.29 is 13.2 Å². The number of hydrogen-bond donors (Lipinski definition) is 1. The first-order chi connectivity index (χ1) is 12.6. The van der Waals surface area contributed by atoms with E-state index in [9.17, 15) is 13.2 Å². The van der Waals surface area contributed by atoms with Crippen LogP contribution in [0.1, 0.15) is 44.2 Å². The number of rotatable bonds is 5. The van der Waals surface area contributed by atoms with Crippen molar-refractivity contribution in [1.29, 1.82) is 0 Å². The summed E-state index contributed by atoms with van der Waals surface area (Å²) in [5, 5.41) is 2.89. The molecule has 26 heavy (non-hydrogen) atoms. The van der Waals surface area contributed by atoms with Crippen LogP contribution < -0.4 is 5.32 Å². The van der Waals surface area contributed by atoms with Crippen LogP contribution in [-0.4, -0.2) is 54.1 Å². The molecule has 144 valence electrons. The maximum atomic E-state index is 13.0. The van der Waals surface area contributed by atoms with E-state index in [4.69, 9.17) is 0 Å². The Labute approximate surface area is 156 Å². The largest absolute Gasteiger partial charge is 0.350 e. The van der Waals surface area contributed by atoms with Crippen LogP contribution in [-0.2, 0) is 21.5 Å². The minimum atomic E-state index is -3.47. The molecule has 0 radical (unpaired) electrons. The van der Waals surface area contributed by atoms with E-state index in [1.165, 1.54) is 4.31 Å². The fourth-order valence-corrected chi connectivity index (χ4v) is 5.40. The molecule has 7 nitrogen and oxygen atoms in total. The van der Waals surface area contributed by atoms with Gasteiger partial charge in [0.25, 0.3) is 10.2 Å². The zero-order valence-corrected chi connectivity index (χ0v) is 16.0. The van der Waals surface area contributed by atoms with E-state index in [2.05, 4.69) is 10.3 Å². The summed E-state index contributed by atoms with van der Waals surface area (Å²) in [6.07, 6.45) is 7.14. The second-order valence-corrected chi connectivity index (χ2v) is 8.99. The summed E-state index contributed by atoms with van der Waals surface area (Å²) in [6, 6.07) is 5.57. The molecule has 0 spiro atoms. The molecule has 0 saturated carbocycles. The van der Waals surface area contributed by atoms with Crippen molar-refractivity contribution in [2.24, 2.45) is 5.92 Å². The summed E-state index contributed by atoms with van der Waals surface area (Å²) in [4.78, 5) is 16.7. The van der Waals surface area contributed by atoms with Crippen molar-refractivity contribution in [3.63, 3.8) is 0 Å². The lowest BCUT2D eigenvalue weighted by atomic mass is 9.99. The van der Waals surface area contributed by atoms with Gasteiger partial charge < -0.3 is 5.32 Å². The Morgan fingerprint density at radius 2 is 1.81 bits per heavy atom. The second kappa shape index (κ2) is 8.92. The summed E-state index contributed by atoms with van der Waals surface area (Å²) in [5.41, 5.74) is 0.797. The highest BCUT2D eigenvalue weighted by atomic mass is 32.2. The van der Waals surface area contributed by atoms with Gasteiger partial charge in [-0.25, -0.2) is 0 Å². The summed E-state index contributed by atoms with van der Waals surface area (Å²) < 4.78 is 29.0. The van der Waals surface area contributed by atoms with Crippen molar-refractivity contribution in [2.45, 2.75) is 45.1 Å². The molecule has 3 rings (SSSR count). The second-order valence-electron chi connectivity index (χ2n) is 7.06. The number of hydrogen-bond acceptors (Lipinski definition) is 4. The molecule has 2 aliphatic heterocycles. The van der Waals surface area contributed by atoms with Gasteiger partial charge in [0.05, 0.1) is 18.2 Å². The third kappa shape index (κ3) is 4.81. The number of aromatic nitrogens is 1. The maximum Gasteiger partial charge on any atom is 0.281 e. The topological polar surface area (TPSA) is 82.6 Å². The van der Waals surface area contributed by atoms with Crippen LogP contribution in [0.2, 0.25) is 0 Å². The van der Waals surface area contributed by atoms with Crippen molar-refractivity contribution in [3.05, 3.63) is 30.1 Å². The van der Waals surface area contributed by atoms with Gasteiger partial charge in [-0.15, -0.1) is 0 Å². The van der Waals surface area contributed by atoms with Gasteiger partial charge in [-0.05, 0) is 37.8 Å². The van der Waals surface area contributed by atoms with Gasteiger partial charge in [0.2, 0.25) is 5.91 Å². The van der Waals surface area contributed by atoms with Crippen LogP contribution in [0.3, 0.4) is 0 Å². The monoisotopic (exact) mass is 380 g/mol. The van der Waals surface area contributed by atoms with Crippen LogP contribution in [0.5, 0.6) is 0 Å². The Balaban J connectivity index is 1.58. The predicted octanol–water partition coefficient (Wildman–Crippen LogP) is 1.53. The summed E-state index contributed by atoms with van der Waals surface area (Å²) in [7, 11) is -3.47. The average molecular weight is 381 g/mol. The number of amides is 1. The van der Waals surface area contributed by atoms with E-state index in [0.717, 1.165) is 44.2 Å². The summed E-state index contributed by atoms with van der Waals surface area (Å²) >= 11 is 0. The highest BCUT2D eigenvalue weighted by Gasteiger charge is 2.35. The Morgan fingerprint density at radius 3 is 2.50 bits per heavy atom. The van der Waals surface area contributed by atoms with Gasteiger partial charge in [-0.2, -0.15) is 17.0 Å². The number of pyridine rings is 1. The number of carbonyl (C=O) groups is 1. The molecule has 1 N–H and O–H groups in total. The molecule has 2 aliphatic rings. The fraction of sp³-hybridized carbons (Fsp3) is 0.667. The van der Waals surface area contributed by atoms with Crippen molar-refractivity contribution >= 4 is 16.1 Å². The standard InChI is InChI=1S/C18H28N4O3S/c23-18(20-14-17-9-3-4-10-19-17)16-8-7-13-22(15-16)26(24,25)21-11-5-1-2-6-12-21/h3-4,9-10,16H,1-2,5-8,11-15H2,(H,20,23). The molecule has 1 aromatic rings. The van der Waals surface area contributed by atoms with Gasteiger partial charge in [0.1, 0.15) is 0 Å². The molecule has 3 heterocycles. The Kier molecular flexibility index (Phi) is 6.61. The van der Waals surface area contributed by atoms with E-state index in [-0.39, 0.29) is 18.4 Å². The van der Waals surface area contributed by atoms with E-state index >= 15 is 0 Å². The van der Waals surface area contributed by atoms with Crippen LogP contribution in [0.4, 0.5) is 0 Å². The molecule has 1 atom stereocenters. The number of carbonyl (C=O) groups excluding carboxylic acids is 1. The third-order valence-corrected chi connectivity index (χ3v) is 7.14. The van der Waals surface area contributed by atoms with Crippen LogP contribution in [0.25, 0.3) is 0 Å². The lowest BCUT2D eigenvalue weighted by Gasteiger charge is -2.34. The predicted molar refractivity (Wildman–Crippen MR) is 99.3 cm³/mol. The number of nitrogens with one attached hydrogen (secondary N) is 1. The minimum absolute atomic E-state index is 0.0913. The lowest BCUT2D eigenvalue weighted by Crippen LogP contribution is -2.50. The molecular formula is C18H28N4O3S. The Bertz CT molecular complexity index is 688. The van der Waals surface area contributed by atoms with Crippen molar-refractivity contribution in [1.82, 2.24) is 18.9 Å². The molecule has 1 aromatic heterocycles. The molecule has 1 unspecified atom stereocenters. The smallest absolute Gasteiger partial charge is 0.281 e. The highest BCUT2D eigenvalue weighted by Crippen LogP contribution is 2.23. The minimum Gasteiger partial charge on any atom is -0.350 e. The molecule has 1 amide bonds. The number of piperidine rings is 1. The fourth-order valence-electron chi connectivity index (χ4n) is 3.63. The van der Waals surface area contributed by atoms with Gasteiger partial charge in [-0.3, -0.25) is 9.78 Å². The van der Waals surface area contributed by atoms with Crippen molar-refractivity contribution in [2.75, 3.05) is 26.2 Å². The van der Waals surface area contributed by atoms with Crippen LogP contribution in [0, 0.1) is 5.92 Å². The zero-order valence-electron chi connectivity index (χ0n) is 15.1. The molecule has 0 bridgehead atoms. The highest BCUT2D eigenvalue weighted by molar-refractivity contribution is 7.86. The average Bonchev–Trinajstić information content (AvgIpc) is 2.97. The van der Waals surface area contributed by atoms with E-state index in [1.54, 1.807) is 10.5 Å². The molecular weight excluding hydrogens is 352 g/mol. The molecule has 0 aromatic carbocycles. The van der Waals surface area contributed by atoms with Crippen LogP contribution in [0.15, 0.2) is 24.4 Å². The van der Waals surface area contributed by atoms with Crippen LogP contribution >= 0.6 is 0 Å². The zero-order chi connectivity index (χ0) is 18.4. The lowest BCUT2D eigenvalue weighted by molar-refractivity contribution is -0.126. The quantitative estimate of drug-likeness (QED) is 0.840. The Hall–Kier alpha value is -1.51. The van der Waals surface area contributed by atoms with Crippen molar-refractivity contribution in [3.8, 4) is 0 Å². The molecule has 2 fully saturated rings. The Morgan fingerprint density at radius 1 is 1.08 bits per heavy atom. The summed E-state index contributed by atoms with van der Waals surface area (Å²) in [5.74, 6) is -0.388. The normalized spacial score (nSPS) is 23.3. The summed E-state index contributed by atoms with van der Waals surface area (Å²) in [6.45, 7) is 2.33.